The Kier molecular flexibility index (Phi) is 13.2. The first-order valence-electron chi connectivity index (χ1n) is 21.2. The van der Waals surface area contributed by atoms with Gasteiger partial charge in [0, 0.05) is 17.8 Å². The van der Waals surface area contributed by atoms with Crippen LogP contribution < -0.4 is 5.32 Å². The number of nitrogens with one attached hydrogen (secondary N) is 1. The van der Waals surface area contributed by atoms with E-state index >= 15 is 4.79 Å². The molecular weight excluding hydrogens is 814 g/mol. The largest absolute Gasteiger partial charge is 0.456 e. The number of hydrogen-bond donors (Lipinski definition) is 9. The van der Waals surface area contributed by atoms with E-state index in [1.54, 1.807) is 71.9 Å². The lowest BCUT2D eigenvalue weighted by molar-refractivity contribution is -0.300. The van der Waals surface area contributed by atoms with E-state index in [1.807, 2.05) is 0 Å². The lowest BCUT2D eigenvalue weighted by Crippen LogP contribution is -2.75. The minimum atomic E-state index is -2.03. The Morgan fingerprint density at radius 3 is 2.21 bits per heavy atom. The second-order valence-electron chi connectivity index (χ2n) is 19.5. The molecule has 346 valence electrons. The Labute approximate surface area is 360 Å². The molecule has 1 saturated heterocycles. The number of aliphatic hydroxyl groups is 8. The van der Waals surface area contributed by atoms with Gasteiger partial charge in [0.25, 0.3) is 0 Å². The molecule has 1 aliphatic heterocycles. The summed E-state index contributed by atoms with van der Waals surface area (Å²) in [5, 5.41) is 92.2. The molecule has 3 saturated carbocycles. The zero-order chi connectivity index (χ0) is 46.1. The number of ketones is 1. The first kappa shape index (κ1) is 47.9. The number of hydrogen-bond acceptors (Lipinski definition) is 17. The van der Waals surface area contributed by atoms with Crippen LogP contribution in [0.5, 0.6) is 0 Å². The van der Waals surface area contributed by atoms with Crippen molar-refractivity contribution in [1.29, 1.82) is 0 Å². The number of aliphatic hydroxyl groups excluding tert-OH is 6. The highest BCUT2D eigenvalue weighted by molar-refractivity contribution is 5.95. The van der Waals surface area contributed by atoms with Gasteiger partial charge in [-0.05, 0) is 82.4 Å². The van der Waals surface area contributed by atoms with Crippen molar-refractivity contribution in [2.24, 2.45) is 28.6 Å². The summed E-state index contributed by atoms with van der Waals surface area (Å²) in [5.41, 5.74) is -7.14. The van der Waals surface area contributed by atoms with Gasteiger partial charge in [0.05, 0.1) is 35.4 Å². The van der Waals surface area contributed by atoms with Crippen LogP contribution in [0.25, 0.3) is 0 Å². The highest BCUT2D eigenvalue weighted by atomic mass is 16.7. The van der Waals surface area contributed by atoms with Crippen molar-refractivity contribution in [3.8, 4) is 0 Å². The van der Waals surface area contributed by atoms with Crippen LogP contribution >= 0.6 is 0 Å². The Morgan fingerprint density at radius 2 is 1.63 bits per heavy atom. The average molecular weight is 878 g/mol. The molecule has 18 nitrogen and oxygen atoms in total. The minimum absolute atomic E-state index is 0.0256. The number of carbonyl (C=O) groups excluding carboxylic acids is 4. The molecule has 1 aromatic rings. The van der Waals surface area contributed by atoms with Gasteiger partial charge in [-0.25, -0.2) is 14.4 Å². The zero-order valence-electron chi connectivity index (χ0n) is 36.4. The van der Waals surface area contributed by atoms with E-state index in [0.29, 0.717) is 12.0 Å². The summed E-state index contributed by atoms with van der Waals surface area (Å²) in [4.78, 5) is 56.3. The summed E-state index contributed by atoms with van der Waals surface area (Å²) in [7, 11) is 0. The number of amides is 1. The van der Waals surface area contributed by atoms with Crippen LogP contribution in [0, 0.1) is 28.6 Å². The molecule has 6 rings (SSSR count). The van der Waals surface area contributed by atoms with Gasteiger partial charge in [-0.3, -0.25) is 4.79 Å². The third kappa shape index (κ3) is 8.09. The maximum atomic E-state index is 15.3. The minimum Gasteiger partial charge on any atom is -0.456 e. The molecule has 1 amide bonds. The second kappa shape index (κ2) is 17.1. The summed E-state index contributed by atoms with van der Waals surface area (Å²) in [6, 6.07) is 6.78. The van der Waals surface area contributed by atoms with Crippen molar-refractivity contribution in [2.75, 3.05) is 13.2 Å². The SMILES string of the molecule is CC1=C2C(OC(=O)COC3OC(CO)C(O)C(O)C3O)C(=O)[C@]3(C)C(O)C[C@H]4CCC4(O)C3[C@H](C)C(O)(CC1OC(=O)C(O)C(NC(=O)OC(C)(C)C)c1ccccc1)C2(C)C. The monoisotopic (exact) mass is 877 g/mol. The maximum Gasteiger partial charge on any atom is 0.408 e. The van der Waals surface area contributed by atoms with Crippen LogP contribution in [0.15, 0.2) is 41.5 Å². The number of fused-ring (bicyclic) bond motifs is 5. The molecule has 1 heterocycles. The van der Waals surface area contributed by atoms with Gasteiger partial charge in [0.15, 0.2) is 24.3 Å². The molecule has 1 aromatic carbocycles. The van der Waals surface area contributed by atoms with E-state index < -0.39 is 144 Å². The molecule has 0 aromatic heterocycles. The van der Waals surface area contributed by atoms with Crippen molar-refractivity contribution in [3.05, 3.63) is 47.0 Å². The molecule has 5 aliphatic rings. The summed E-state index contributed by atoms with van der Waals surface area (Å²) < 4.78 is 28.2. The molecule has 18 heteroatoms. The van der Waals surface area contributed by atoms with E-state index in [4.69, 9.17) is 23.7 Å². The number of Topliss-reactive ketones (excluding diaryl/α,β-unsaturated/α-hetero) is 1. The van der Waals surface area contributed by atoms with Gasteiger partial charge in [-0.15, -0.1) is 0 Å². The second-order valence-corrected chi connectivity index (χ2v) is 19.5. The fraction of sp³-hybridized carbons (Fsp3) is 0.727. The normalized spacial score (nSPS) is 40.0. The van der Waals surface area contributed by atoms with E-state index in [1.165, 1.54) is 13.8 Å². The molecule has 9 N–H and O–H groups in total. The number of esters is 2. The lowest BCUT2D eigenvalue weighted by Gasteiger charge is -2.68. The molecule has 16 atom stereocenters. The molecule has 0 radical (unpaired) electrons. The third-order valence-electron chi connectivity index (χ3n) is 14.5. The molecule has 4 aliphatic carbocycles. The van der Waals surface area contributed by atoms with Crippen LogP contribution in [-0.2, 0) is 38.1 Å². The van der Waals surface area contributed by atoms with Crippen LogP contribution in [-0.4, -0.2) is 150 Å². The molecular formula is C44H63NO17. The van der Waals surface area contributed by atoms with Gasteiger partial charge < -0.3 is 69.9 Å². The number of carbonyl (C=O) groups is 4. The quantitative estimate of drug-likeness (QED) is 0.0878. The lowest BCUT2D eigenvalue weighted by atomic mass is 9.39. The highest BCUT2D eigenvalue weighted by Crippen LogP contribution is 2.67. The van der Waals surface area contributed by atoms with Gasteiger partial charge in [-0.2, -0.15) is 0 Å². The summed E-state index contributed by atoms with van der Waals surface area (Å²) in [6.45, 7) is 11.1. The van der Waals surface area contributed by atoms with Gasteiger partial charge in [0.2, 0.25) is 0 Å². The van der Waals surface area contributed by atoms with E-state index in [0.717, 1.165) is 0 Å². The van der Waals surface area contributed by atoms with Crippen molar-refractivity contribution in [1.82, 2.24) is 5.32 Å². The van der Waals surface area contributed by atoms with E-state index in [-0.39, 0.29) is 30.4 Å². The number of alkyl carbamates (subject to hydrolysis) is 1. The third-order valence-corrected chi connectivity index (χ3v) is 14.5. The van der Waals surface area contributed by atoms with Gasteiger partial charge >= 0.3 is 18.0 Å². The predicted molar refractivity (Wildman–Crippen MR) is 214 cm³/mol. The van der Waals surface area contributed by atoms with Crippen LogP contribution in [0.2, 0.25) is 0 Å². The van der Waals surface area contributed by atoms with Gasteiger partial charge in [-0.1, -0.05) is 51.1 Å². The van der Waals surface area contributed by atoms with E-state index in [9.17, 15) is 55.2 Å². The van der Waals surface area contributed by atoms with Crippen molar-refractivity contribution in [3.63, 3.8) is 0 Å². The smallest absolute Gasteiger partial charge is 0.408 e. The van der Waals surface area contributed by atoms with Crippen molar-refractivity contribution in [2.45, 2.75) is 159 Å². The first-order chi connectivity index (χ1) is 28.7. The van der Waals surface area contributed by atoms with Gasteiger partial charge in [0.1, 0.15) is 42.7 Å². The first-order valence-corrected chi connectivity index (χ1v) is 21.2. The maximum absolute atomic E-state index is 15.3. The summed E-state index contributed by atoms with van der Waals surface area (Å²) in [5.74, 6) is -5.71. The fourth-order valence-electron chi connectivity index (χ4n) is 11.0. The van der Waals surface area contributed by atoms with Crippen molar-refractivity contribution < 1.29 is 83.7 Å². The molecule has 2 bridgehead atoms. The topological polar surface area (TPSA) is 288 Å². The predicted octanol–water partition coefficient (Wildman–Crippen LogP) is 0.478. The molecule has 0 spiro atoms. The molecule has 4 fully saturated rings. The number of ether oxygens (including phenoxy) is 5. The Morgan fingerprint density at radius 1 is 0.984 bits per heavy atom. The van der Waals surface area contributed by atoms with Crippen LogP contribution in [0.1, 0.15) is 92.7 Å². The summed E-state index contributed by atoms with van der Waals surface area (Å²) in [6.07, 6.45) is -15.5. The summed E-state index contributed by atoms with van der Waals surface area (Å²) >= 11 is 0. The van der Waals surface area contributed by atoms with Crippen molar-refractivity contribution >= 4 is 23.8 Å². The Bertz CT molecular complexity index is 1900. The number of rotatable bonds is 10. The average Bonchev–Trinajstić information content (AvgIpc) is 3.20. The Balaban J connectivity index is 1.39. The van der Waals surface area contributed by atoms with Crippen LogP contribution in [0.4, 0.5) is 4.79 Å². The molecule has 13 unspecified atom stereocenters. The standard InChI is InChI=1S/C44H63NO17/c1-20-24(59-37(54)31(50)29(22-12-10-9-11-13-22)45-39(55)62-40(3,4)5)17-44(57)21(2)35-42(8,26(47)16-23-14-15-43(23,35)56)36(53)34(28(20)41(44,6)7)61-27(48)19-58-38-33(52)32(51)30(49)25(18-46)60-38/h9-13,21,23-26,29-35,38,46-47,49-52,56-57H,14-19H2,1-8H3,(H,45,55)/t21-,23+,24?,25?,26?,29?,30?,31?,32?,33?,34?,35?,38?,42+,43?,44?/m0/s1. The zero-order valence-corrected chi connectivity index (χ0v) is 36.4. The van der Waals surface area contributed by atoms with E-state index in [2.05, 4.69) is 5.32 Å². The fourth-order valence-corrected chi connectivity index (χ4v) is 11.0. The molecule has 62 heavy (non-hydrogen) atoms. The Hall–Kier alpha value is -3.56. The number of benzene rings is 1. The highest BCUT2D eigenvalue weighted by Gasteiger charge is 2.74. The van der Waals surface area contributed by atoms with Crippen LogP contribution in [0.3, 0.4) is 0 Å².